The van der Waals surface area contributed by atoms with Gasteiger partial charge in [0.2, 0.25) is 5.91 Å². The zero-order valence-electron chi connectivity index (χ0n) is 11.5. The monoisotopic (exact) mass is 269 g/mol. The van der Waals surface area contributed by atoms with E-state index in [0.717, 1.165) is 12.1 Å². The molecule has 4 nitrogen and oxygen atoms in total. The van der Waals surface area contributed by atoms with Crippen molar-refractivity contribution in [3.63, 3.8) is 0 Å². The lowest BCUT2D eigenvalue weighted by Crippen LogP contribution is -2.36. The number of anilines is 1. The fraction of sp³-hybridized carbons (Fsp3) is 0.250. The molecule has 3 N–H and O–H groups in total. The van der Waals surface area contributed by atoms with Gasteiger partial charge in [-0.05, 0) is 37.5 Å². The molecule has 0 saturated heterocycles. The maximum Gasteiger partial charge on any atom is 0.241 e. The van der Waals surface area contributed by atoms with Crippen LogP contribution in [0.4, 0.5) is 5.69 Å². The Morgan fingerprint density at radius 3 is 2.70 bits per heavy atom. The molecule has 1 amide bonds. The number of aryl methyl sites for hydroxylation is 2. The molecule has 0 radical (unpaired) electrons. The lowest BCUT2D eigenvalue weighted by Gasteiger charge is -2.13. The van der Waals surface area contributed by atoms with Gasteiger partial charge in [0.15, 0.2) is 0 Å². The summed E-state index contributed by atoms with van der Waals surface area (Å²) in [7, 11) is 0. The molecule has 0 unspecified atom stereocenters. The number of rotatable bonds is 5. The number of carbonyl (C=O) groups is 1. The maximum absolute atomic E-state index is 12.0. The first kappa shape index (κ1) is 14.2. The molecular weight excluding hydrogens is 250 g/mol. The molecule has 1 atom stereocenters. The maximum atomic E-state index is 12.0. The summed E-state index contributed by atoms with van der Waals surface area (Å²) in [5.74, 6) is -0.169. The molecule has 20 heavy (non-hydrogen) atoms. The smallest absolute Gasteiger partial charge is 0.241 e. The lowest BCUT2D eigenvalue weighted by atomic mass is 10.1. The minimum Gasteiger partial charge on any atom is -0.323 e. The first-order chi connectivity index (χ1) is 9.66. The van der Waals surface area contributed by atoms with Crippen molar-refractivity contribution in [1.29, 1.82) is 0 Å². The van der Waals surface area contributed by atoms with Gasteiger partial charge in [0, 0.05) is 6.20 Å². The first-order valence-electron chi connectivity index (χ1n) is 6.69. The summed E-state index contributed by atoms with van der Waals surface area (Å²) in [4.78, 5) is 16.2. The quantitative estimate of drug-likeness (QED) is 0.875. The molecular formula is C16H19N3O. The van der Waals surface area contributed by atoms with Gasteiger partial charge in [-0.2, -0.15) is 0 Å². The second kappa shape index (κ2) is 6.82. The normalized spacial score (nSPS) is 11.9. The Labute approximate surface area is 119 Å². The average molecular weight is 269 g/mol. The molecule has 2 rings (SSSR count). The number of nitrogens with one attached hydrogen (secondary N) is 1. The summed E-state index contributed by atoms with van der Waals surface area (Å²) >= 11 is 0. The van der Waals surface area contributed by atoms with Crippen molar-refractivity contribution in [2.45, 2.75) is 25.8 Å². The summed E-state index contributed by atoms with van der Waals surface area (Å²) < 4.78 is 0. The van der Waals surface area contributed by atoms with Crippen molar-refractivity contribution in [2.75, 3.05) is 5.32 Å². The molecule has 0 saturated carbocycles. The van der Waals surface area contributed by atoms with Crippen LogP contribution in [0.1, 0.15) is 17.7 Å². The number of hydrogen-bond acceptors (Lipinski definition) is 3. The van der Waals surface area contributed by atoms with E-state index in [-0.39, 0.29) is 5.91 Å². The molecule has 0 spiro atoms. The third-order valence-electron chi connectivity index (χ3n) is 3.19. The first-order valence-corrected chi connectivity index (χ1v) is 6.69. The minimum atomic E-state index is -0.519. The summed E-state index contributed by atoms with van der Waals surface area (Å²) in [5, 5.41) is 2.82. The Bertz CT molecular complexity index is 569. The third-order valence-corrected chi connectivity index (χ3v) is 3.19. The van der Waals surface area contributed by atoms with Gasteiger partial charge in [-0.25, -0.2) is 0 Å². The van der Waals surface area contributed by atoms with Gasteiger partial charge in [-0.1, -0.05) is 30.3 Å². The van der Waals surface area contributed by atoms with Crippen molar-refractivity contribution < 1.29 is 4.79 Å². The Kier molecular flexibility index (Phi) is 4.85. The predicted molar refractivity (Wildman–Crippen MR) is 80.3 cm³/mol. The summed E-state index contributed by atoms with van der Waals surface area (Å²) in [5.41, 5.74) is 8.62. The van der Waals surface area contributed by atoms with Gasteiger partial charge in [0.1, 0.15) is 0 Å². The molecule has 104 valence electrons. The molecule has 1 aromatic heterocycles. The largest absolute Gasteiger partial charge is 0.323 e. The van der Waals surface area contributed by atoms with E-state index in [4.69, 9.17) is 5.73 Å². The highest BCUT2D eigenvalue weighted by atomic mass is 16.2. The SMILES string of the molecule is Cc1ncccc1NC(=O)[C@@H](N)CCc1ccccc1. The number of hydrogen-bond donors (Lipinski definition) is 2. The van der Waals surface area contributed by atoms with Crippen molar-refractivity contribution in [1.82, 2.24) is 4.98 Å². The highest BCUT2D eigenvalue weighted by Gasteiger charge is 2.14. The summed E-state index contributed by atoms with van der Waals surface area (Å²) in [6.07, 6.45) is 3.11. The number of aromatic nitrogens is 1. The van der Waals surface area contributed by atoms with E-state index in [1.165, 1.54) is 5.56 Å². The van der Waals surface area contributed by atoms with E-state index in [0.29, 0.717) is 12.1 Å². The van der Waals surface area contributed by atoms with Crippen LogP contribution in [0.5, 0.6) is 0 Å². The van der Waals surface area contributed by atoms with Gasteiger partial charge in [0.05, 0.1) is 17.4 Å². The molecule has 1 aromatic carbocycles. The van der Waals surface area contributed by atoms with Gasteiger partial charge in [-0.3, -0.25) is 9.78 Å². The van der Waals surface area contributed by atoms with Crippen molar-refractivity contribution >= 4 is 11.6 Å². The topological polar surface area (TPSA) is 68.0 Å². The fourth-order valence-electron chi connectivity index (χ4n) is 1.94. The van der Waals surface area contributed by atoms with Crippen molar-refractivity contribution in [2.24, 2.45) is 5.73 Å². The van der Waals surface area contributed by atoms with Crippen LogP contribution in [-0.2, 0) is 11.2 Å². The van der Waals surface area contributed by atoms with E-state index < -0.39 is 6.04 Å². The van der Waals surface area contributed by atoms with Gasteiger partial charge < -0.3 is 11.1 Å². The van der Waals surface area contributed by atoms with Crippen LogP contribution in [0.15, 0.2) is 48.7 Å². The van der Waals surface area contributed by atoms with Crippen LogP contribution in [0.25, 0.3) is 0 Å². The van der Waals surface area contributed by atoms with Crippen LogP contribution in [0.3, 0.4) is 0 Å². The third kappa shape index (κ3) is 3.90. The molecule has 0 fully saturated rings. The average Bonchev–Trinajstić information content (AvgIpc) is 2.48. The van der Waals surface area contributed by atoms with Crippen LogP contribution in [-0.4, -0.2) is 16.9 Å². The second-order valence-electron chi connectivity index (χ2n) is 4.76. The molecule has 0 aliphatic heterocycles. The molecule has 4 heteroatoms. The molecule has 0 bridgehead atoms. The molecule has 1 heterocycles. The second-order valence-corrected chi connectivity index (χ2v) is 4.76. The number of nitrogens with two attached hydrogens (primary N) is 1. The molecule has 0 aliphatic rings. The number of amides is 1. The van der Waals surface area contributed by atoms with Crippen molar-refractivity contribution in [3.05, 3.63) is 59.9 Å². The van der Waals surface area contributed by atoms with E-state index in [2.05, 4.69) is 10.3 Å². The Hall–Kier alpha value is -2.20. The minimum absolute atomic E-state index is 0.169. The number of pyridine rings is 1. The number of benzene rings is 1. The highest BCUT2D eigenvalue weighted by molar-refractivity contribution is 5.95. The molecule has 0 aliphatic carbocycles. The van der Waals surface area contributed by atoms with Gasteiger partial charge in [-0.15, -0.1) is 0 Å². The van der Waals surface area contributed by atoms with Crippen LogP contribution in [0, 0.1) is 6.92 Å². The summed E-state index contributed by atoms with van der Waals surface area (Å²) in [6, 6.07) is 13.1. The van der Waals surface area contributed by atoms with E-state index in [1.807, 2.05) is 43.3 Å². The lowest BCUT2D eigenvalue weighted by molar-refractivity contribution is -0.117. The fourth-order valence-corrected chi connectivity index (χ4v) is 1.94. The number of nitrogens with zero attached hydrogens (tertiary/aromatic N) is 1. The summed E-state index contributed by atoms with van der Waals surface area (Å²) in [6.45, 7) is 1.85. The standard InChI is InChI=1S/C16H19N3O/c1-12-15(8-5-11-18-12)19-16(20)14(17)10-9-13-6-3-2-4-7-13/h2-8,11,14H,9-10,17H2,1H3,(H,19,20)/t14-/m0/s1. The Balaban J connectivity index is 1.88. The zero-order valence-corrected chi connectivity index (χ0v) is 11.5. The van der Waals surface area contributed by atoms with E-state index in [1.54, 1.807) is 12.3 Å². The Morgan fingerprint density at radius 2 is 2.00 bits per heavy atom. The van der Waals surface area contributed by atoms with Crippen LogP contribution >= 0.6 is 0 Å². The van der Waals surface area contributed by atoms with Crippen molar-refractivity contribution in [3.8, 4) is 0 Å². The van der Waals surface area contributed by atoms with E-state index in [9.17, 15) is 4.79 Å². The van der Waals surface area contributed by atoms with E-state index >= 15 is 0 Å². The zero-order chi connectivity index (χ0) is 14.4. The van der Waals surface area contributed by atoms with Crippen LogP contribution < -0.4 is 11.1 Å². The van der Waals surface area contributed by atoms with Crippen LogP contribution in [0.2, 0.25) is 0 Å². The van der Waals surface area contributed by atoms with Gasteiger partial charge in [0.25, 0.3) is 0 Å². The van der Waals surface area contributed by atoms with Gasteiger partial charge >= 0.3 is 0 Å². The molecule has 2 aromatic rings. The predicted octanol–water partition coefficient (Wildman–Crippen LogP) is 2.29. The highest BCUT2D eigenvalue weighted by Crippen LogP contribution is 2.11. The number of carbonyl (C=O) groups excluding carboxylic acids is 1. The Morgan fingerprint density at radius 1 is 1.25 bits per heavy atom.